The molecule has 1 aliphatic heterocycles. The van der Waals surface area contributed by atoms with Crippen LogP contribution < -0.4 is 10.2 Å². The highest BCUT2D eigenvalue weighted by Crippen LogP contribution is 2.31. The first-order chi connectivity index (χ1) is 13.6. The van der Waals surface area contributed by atoms with Gasteiger partial charge in [0.15, 0.2) is 5.65 Å². The maximum absolute atomic E-state index is 6.65. The molecule has 7 heteroatoms. The van der Waals surface area contributed by atoms with Gasteiger partial charge in [-0.15, -0.1) is 0 Å². The summed E-state index contributed by atoms with van der Waals surface area (Å²) in [6, 6.07) is 10.6. The number of hydrogen-bond donors (Lipinski definition) is 1. The summed E-state index contributed by atoms with van der Waals surface area (Å²) in [4.78, 5) is 11.7. The lowest BCUT2D eigenvalue weighted by Gasteiger charge is -2.33. The van der Waals surface area contributed by atoms with Gasteiger partial charge in [-0.3, -0.25) is 4.68 Å². The number of aromatic nitrogens is 4. The van der Waals surface area contributed by atoms with E-state index < -0.39 is 0 Å². The van der Waals surface area contributed by atoms with Crippen LogP contribution in [0.15, 0.2) is 42.7 Å². The largest absolute Gasteiger partial charge is 0.367 e. The highest BCUT2D eigenvalue weighted by molar-refractivity contribution is 6.35. The van der Waals surface area contributed by atoms with Crippen LogP contribution >= 0.6 is 11.6 Å². The van der Waals surface area contributed by atoms with Gasteiger partial charge in [0, 0.05) is 55.3 Å². The van der Waals surface area contributed by atoms with Crippen LogP contribution in [-0.2, 0) is 7.05 Å². The van der Waals surface area contributed by atoms with Crippen molar-refractivity contribution in [1.82, 2.24) is 25.1 Å². The molecule has 6 nitrogen and oxygen atoms in total. The average molecular weight is 393 g/mol. The Morgan fingerprint density at radius 2 is 2.11 bits per heavy atom. The van der Waals surface area contributed by atoms with Crippen molar-refractivity contribution in [3.63, 3.8) is 0 Å². The van der Waals surface area contributed by atoms with Gasteiger partial charge >= 0.3 is 0 Å². The van der Waals surface area contributed by atoms with E-state index in [-0.39, 0.29) is 0 Å². The van der Waals surface area contributed by atoms with Crippen LogP contribution in [0.3, 0.4) is 0 Å². The third kappa shape index (κ3) is 3.08. The zero-order valence-corrected chi connectivity index (χ0v) is 16.6. The van der Waals surface area contributed by atoms with Crippen molar-refractivity contribution in [2.24, 2.45) is 7.05 Å². The van der Waals surface area contributed by atoms with Crippen LogP contribution in [0, 0.1) is 0 Å². The van der Waals surface area contributed by atoms with E-state index in [9.17, 15) is 0 Å². The quantitative estimate of drug-likeness (QED) is 0.564. The van der Waals surface area contributed by atoms with E-state index >= 15 is 0 Å². The summed E-state index contributed by atoms with van der Waals surface area (Å²) < 4.78 is 1.81. The second-order valence-electron chi connectivity index (χ2n) is 7.43. The van der Waals surface area contributed by atoms with E-state index in [0.717, 1.165) is 52.9 Å². The molecule has 1 atom stereocenters. The molecule has 0 spiro atoms. The third-order valence-electron chi connectivity index (χ3n) is 5.25. The smallest absolute Gasteiger partial charge is 0.161 e. The minimum Gasteiger partial charge on any atom is -0.367 e. The fourth-order valence-corrected chi connectivity index (χ4v) is 4.09. The van der Waals surface area contributed by atoms with Crippen LogP contribution in [0.2, 0.25) is 5.02 Å². The molecule has 4 aromatic rings. The Balaban J connectivity index is 1.55. The molecular formula is C21H21ClN6. The molecule has 1 N–H and O–H groups in total. The minimum absolute atomic E-state index is 0.461. The molecule has 1 aliphatic rings. The molecule has 28 heavy (non-hydrogen) atoms. The lowest BCUT2D eigenvalue weighted by molar-refractivity contribution is 0.484. The van der Waals surface area contributed by atoms with Gasteiger partial charge in [-0.1, -0.05) is 17.7 Å². The predicted octanol–water partition coefficient (Wildman–Crippen LogP) is 3.64. The van der Waals surface area contributed by atoms with Crippen molar-refractivity contribution < 1.29 is 0 Å². The lowest BCUT2D eigenvalue weighted by Crippen LogP contribution is -2.49. The molecule has 0 amide bonds. The molecule has 5 rings (SSSR count). The van der Waals surface area contributed by atoms with Gasteiger partial charge in [0.05, 0.1) is 28.1 Å². The van der Waals surface area contributed by atoms with E-state index in [1.54, 1.807) is 0 Å². The van der Waals surface area contributed by atoms with Gasteiger partial charge in [-0.05, 0) is 31.2 Å². The normalized spacial score (nSPS) is 17.5. The maximum Gasteiger partial charge on any atom is 0.161 e. The monoisotopic (exact) mass is 392 g/mol. The molecule has 0 aliphatic carbocycles. The molecule has 0 bridgehead atoms. The Kier molecular flexibility index (Phi) is 4.18. The molecule has 1 unspecified atom stereocenters. The first kappa shape index (κ1) is 17.4. The zero-order valence-electron chi connectivity index (χ0n) is 15.9. The second-order valence-corrected chi connectivity index (χ2v) is 7.84. The summed E-state index contributed by atoms with van der Waals surface area (Å²) in [6.45, 7) is 5.09. The van der Waals surface area contributed by atoms with Crippen LogP contribution in [-0.4, -0.2) is 45.4 Å². The number of halogens is 1. The topological polar surface area (TPSA) is 58.9 Å². The van der Waals surface area contributed by atoms with Gasteiger partial charge < -0.3 is 10.2 Å². The number of fused-ring (bicyclic) bond motifs is 2. The van der Waals surface area contributed by atoms with Crippen molar-refractivity contribution in [1.29, 1.82) is 0 Å². The highest BCUT2D eigenvalue weighted by atomic mass is 35.5. The maximum atomic E-state index is 6.65. The first-order valence-electron chi connectivity index (χ1n) is 9.45. The number of rotatable bonds is 2. The Hall–Kier alpha value is -2.70. The number of pyridine rings is 2. The number of benzene rings is 1. The van der Waals surface area contributed by atoms with Gasteiger partial charge in [-0.2, -0.15) is 5.10 Å². The lowest BCUT2D eigenvalue weighted by atomic mass is 10.1. The van der Waals surface area contributed by atoms with Gasteiger partial charge in [0.25, 0.3) is 0 Å². The van der Waals surface area contributed by atoms with Crippen molar-refractivity contribution in [3.05, 3.63) is 47.7 Å². The van der Waals surface area contributed by atoms with E-state index in [4.69, 9.17) is 16.6 Å². The Bertz CT molecular complexity index is 1180. The minimum atomic E-state index is 0.461. The fraction of sp³-hybridized carbons (Fsp3) is 0.286. The standard InChI is InChI=1S/C21H21ClN6/c1-13-11-28(6-5-23-13)16-8-17-18(22)9-20(25-21(17)24-10-16)14-3-4-19-15(7-14)12-27(2)26-19/h3-4,7-10,12-13,23H,5-6,11H2,1-2H3. The number of piperazine rings is 1. The summed E-state index contributed by atoms with van der Waals surface area (Å²) in [5.41, 5.74) is 4.55. The van der Waals surface area contributed by atoms with E-state index in [1.165, 1.54) is 0 Å². The Morgan fingerprint density at radius 3 is 2.96 bits per heavy atom. The average Bonchev–Trinajstić information content (AvgIpc) is 3.07. The van der Waals surface area contributed by atoms with Crippen molar-refractivity contribution >= 4 is 39.2 Å². The third-order valence-corrected chi connectivity index (χ3v) is 5.56. The SMILES string of the molecule is CC1CN(c2cnc3nc(-c4ccc5nn(C)cc5c4)cc(Cl)c3c2)CCN1. The summed E-state index contributed by atoms with van der Waals surface area (Å²) in [5.74, 6) is 0. The molecule has 0 radical (unpaired) electrons. The summed E-state index contributed by atoms with van der Waals surface area (Å²) >= 11 is 6.65. The van der Waals surface area contributed by atoms with Crippen molar-refractivity contribution in [2.75, 3.05) is 24.5 Å². The number of hydrogen-bond acceptors (Lipinski definition) is 5. The molecule has 1 saturated heterocycles. The fourth-order valence-electron chi connectivity index (χ4n) is 3.85. The van der Waals surface area contributed by atoms with Crippen molar-refractivity contribution in [2.45, 2.75) is 13.0 Å². The van der Waals surface area contributed by atoms with E-state index in [1.807, 2.05) is 42.3 Å². The van der Waals surface area contributed by atoms with Gasteiger partial charge in [-0.25, -0.2) is 9.97 Å². The van der Waals surface area contributed by atoms with Crippen molar-refractivity contribution in [3.8, 4) is 11.3 Å². The van der Waals surface area contributed by atoms with Crippen LogP contribution in [0.4, 0.5) is 5.69 Å². The predicted molar refractivity (Wildman–Crippen MR) is 114 cm³/mol. The second kappa shape index (κ2) is 6.72. The summed E-state index contributed by atoms with van der Waals surface area (Å²) in [7, 11) is 1.92. The summed E-state index contributed by atoms with van der Waals surface area (Å²) in [6.07, 6.45) is 3.90. The van der Waals surface area contributed by atoms with E-state index in [0.29, 0.717) is 16.7 Å². The number of anilines is 1. The van der Waals surface area contributed by atoms with E-state index in [2.05, 4.69) is 39.4 Å². The zero-order chi connectivity index (χ0) is 19.3. The molecule has 3 aromatic heterocycles. The number of aryl methyl sites for hydroxylation is 1. The molecule has 142 valence electrons. The first-order valence-corrected chi connectivity index (χ1v) is 9.83. The molecular weight excluding hydrogens is 372 g/mol. The molecule has 1 fully saturated rings. The number of nitrogens with one attached hydrogen (secondary N) is 1. The van der Waals surface area contributed by atoms with Crippen LogP contribution in [0.1, 0.15) is 6.92 Å². The van der Waals surface area contributed by atoms with Crippen LogP contribution in [0.25, 0.3) is 33.2 Å². The number of nitrogens with zero attached hydrogens (tertiary/aromatic N) is 5. The van der Waals surface area contributed by atoms with Gasteiger partial charge in [0.2, 0.25) is 0 Å². The highest BCUT2D eigenvalue weighted by Gasteiger charge is 2.17. The molecule has 1 aromatic carbocycles. The Morgan fingerprint density at radius 1 is 1.21 bits per heavy atom. The van der Waals surface area contributed by atoms with Crippen LogP contribution in [0.5, 0.6) is 0 Å². The molecule has 4 heterocycles. The summed E-state index contributed by atoms with van der Waals surface area (Å²) in [5, 5.41) is 10.5. The Labute approximate surface area is 168 Å². The van der Waals surface area contributed by atoms with Gasteiger partial charge in [0.1, 0.15) is 0 Å². The molecule has 0 saturated carbocycles.